The summed E-state index contributed by atoms with van der Waals surface area (Å²) in [6, 6.07) is 6.89. The Kier molecular flexibility index (Phi) is 3.80. The van der Waals surface area contributed by atoms with Gasteiger partial charge in [-0.3, -0.25) is 4.79 Å². The van der Waals surface area contributed by atoms with Crippen molar-refractivity contribution >= 4 is 21.4 Å². The number of sulfone groups is 1. The summed E-state index contributed by atoms with van der Waals surface area (Å²) in [7, 11) is -3.14. The maximum atomic E-state index is 11.4. The Hall–Kier alpha value is -1.56. The van der Waals surface area contributed by atoms with E-state index in [0.717, 1.165) is 18.8 Å². The van der Waals surface area contributed by atoms with Crippen LogP contribution < -0.4 is 4.90 Å². The Balaban J connectivity index is 2.06. The quantitative estimate of drug-likeness (QED) is 0.803. The van der Waals surface area contributed by atoms with Crippen molar-refractivity contribution in [2.45, 2.75) is 11.8 Å². The summed E-state index contributed by atoms with van der Waals surface area (Å²) in [5.41, 5.74) is 0.996. The van der Waals surface area contributed by atoms with Crippen LogP contribution in [-0.4, -0.2) is 51.7 Å². The number of nitrogens with zero attached hydrogens (tertiary/aromatic N) is 2. The third-order valence-electron chi connectivity index (χ3n) is 3.36. The van der Waals surface area contributed by atoms with Crippen molar-refractivity contribution in [2.24, 2.45) is 0 Å². The fourth-order valence-corrected chi connectivity index (χ4v) is 2.81. The van der Waals surface area contributed by atoms with Crippen LogP contribution in [-0.2, 0) is 14.6 Å². The first-order chi connectivity index (χ1) is 8.88. The van der Waals surface area contributed by atoms with E-state index >= 15 is 0 Å². The second-order valence-electron chi connectivity index (χ2n) is 4.76. The Labute approximate surface area is 113 Å². The van der Waals surface area contributed by atoms with Gasteiger partial charge in [-0.05, 0) is 24.3 Å². The van der Waals surface area contributed by atoms with Gasteiger partial charge in [0.1, 0.15) is 0 Å². The van der Waals surface area contributed by atoms with Gasteiger partial charge in [0.25, 0.3) is 0 Å². The topological polar surface area (TPSA) is 57.7 Å². The molecule has 104 valence electrons. The molecule has 0 saturated carbocycles. The molecule has 1 aromatic carbocycles. The molecule has 1 aromatic rings. The average molecular weight is 282 g/mol. The molecule has 0 radical (unpaired) electrons. The number of rotatable bonds is 2. The number of hydrogen-bond acceptors (Lipinski definition) is 4. The van der Waals surface area contributed by atoms with E-state index in [1.807, 2.05) is 17.0 Å². The summed E-state index contributed by atoms with van der Waals surface area (Å²) in [5.74, 6) is 0.104. The van der Waals surface area contributed by atoms with Crippen molar-refractivity contribution in [3.05, 3.63) is 24.3 Å². The second-order valence-corrected chi connectivity index (χ2v) is 6.77. The molecule has 0 aromatic heterocycles. The van der Waals surface area contributed by atoms with Crippen molar-refractivity contribution in [1.29, 1.82) is 0 Å². The normalized spacial score (nSPS) is 16.5. The van der Waals surface area contributed by atoms with Gasteiger partial charge < -0.3 is 9.80 Å². The van der Waals surface area contributed by atoms with E-state index in [1.54, 1.807) is 19.1 Å². The molecule has 0 atom stereocenters. The van der Waals surface area contributed by atoms with Gasteiger partial charge in [0.15, 0.2) is 9.84 Å². The third kappa shape index (κ3) is 3.26. The van der Waals surface area contributed by atoms with E-state index in [1.165, 1.54) is 6.26 Å². The summed E-state index contributed by atoms with van der Waals surface area (Å²) >= 11 is 0. The fraction of sp³-hybridized carbons (Fsp3) is 0.462. The number of benzene rings is 1. The minimum Gasteiger partial charge on any atom is -0.368 e. The molecule has 1 aliphatic rings. The van der Waals surface area contributed by atoms with Crippen LogP contribution in [0.3, 0.4) is 0 Å². The predicted octanol–water partition coefficient (Wildman–Crippen LogP) is 0.759. The maximum Gasteiger partial charge on any atom is 0.219 e. The van der Waals surface area contributed by atoms with Gasteiger partial charge in [0, 0.05) is 45.0 Å². The molecule has 1 aliphatic heterocycles. The lowest BCUT2D eigenvalue weighted by Gasteiger charge is -2.35. The molecule has 0 bridgehead atoms. The van der Waals surface area contributed by atoms with E-state index in [2.05, 4.69) is 4.90 Å². The molecule has 1 heterocycles. The predicted molar refractivity (Wildman–Crippen MR) is 74.0 cm³/mol. The number of hydrogen-bond donors (Lipinski definition) is 0. The highest BCUT2D eigenvalue weighted by atomic mass is 32.2. The van der Waals surface area contributed by atoms with Gasteiger partial charge in [-0.2, -0.15) is 0 Å². The number of carbonyl (C=O) groups is 1. The molecule has 19 heavy (non-hydrogen) atoms. The largest absolute Gasteiger partial charge is 0.368 e. The molecular weight excluding hydrogens is 264 g/mol. The monoisotopic (exact) mass is 282 g/mol. The molecule has 0 unspecified atom stereocenters. The van der Waals surface area contributed by atoms with Crippen molar-refractivity contribution in [1.82, 2.24) is 4.90 Å². The average Bonchev–Trinajstić information content (AvgIpc) is 2.38. The van der Waals surface area contributed by atoms with Gasteiger partial charge in [0.2, 0.25) is 5.91 Å². The first-order valence-electron chi connectivity index (χ1n) is 6.18. The molecule has 1 saturated heterocycles. The van der Waals surface area contributed by atoms with Gasteiger partial charge in [-0.15, -0.1) is 0 Å². The number of piperazine rings is 1. The first kappa shape index (κ1) is 13.9. The Morgan fingerprint density at radius 3 is 2.00 bits per heavy atom. The lowest BCUT2D eigenvalue weighted by atomic mass is 10.2. The third-order valence-corrected chi connectivity index (χ3v) is 4.48. The van der Waals surface area contributed by atoms with E-state index in [9.17, 15) is 13.2 Å². The van der Waals surface area contributed by atoms with Crippen LogP contribution in [0.25, 0.3) is 0 Å². The van der Waals surface area contributed by atoms with E-state index in [4.69, 9.17) is 0 Å². The van der Waals surface area contributed by atoms with Crippen LogP contribution in [0.1, 0.15) is 6.92 Å². The Morgan fingerprint density at radius 1 is 1.05 bits per heavy atom. The molecular formula is C13H18N2O3S. The van der Waals surface area contributed by atoms with Gasteiger partial charge in [0.05, 0.1) is 4.90 Å². The van der Waals surface area contributed by atoms with Crippen LogP contribution in [0.5, 0.6) is 0 Å². The molecule has 6 heteroatoms. The van der Waals surface area contributed by atoms with Gasteiger partial charge >= 0.3 is 0 Å². The smallest absolute Gasteiger partial charge is 0.219 e. The summed E-state index contributed by atoms with van der Waals surface area (Å²) in [4.78, 5) is 15.5. The molecule has 2 rings (SSSR count). The molecule has 1 amide bonds. The van der Waals surface area contributed by atoms with Crippen LogP contribution >= 0.6 is 0 Å². The van der Waals surface area contributed by atoms with E-state index in [-0.39, 0.29) is 5.91 Å². The summed E-state index contributed by atoms with van der Waals surface area (Å²) < 4.78 is 22.8. The highest BCUT2D eigenvalue weighted by molar-refractivity contribution is 7.90. The standard InChI is InChI=1S/C13H18N2O3S/c1-11(16)14-7-9-15(10-8-14)12-3-5-13(6-4-12)19(2,17)18/h3-6H,7-10H2,1-2H3. The minimum atomic E-state index is -3.14. The zero-order valence-electron chi connectivity index (χ0n) is 11.2. The van der Waals surface area contributed by atoms with Crippen LogP contribution in [0.2, 0.25) is 0 Å². The molecule has 0 aliphatic carbocycles. The molecule has 0 N–H and O–H groups in total. The van der Waals surface area contributed by atoms with Crippen LogP contribution in [0.4, 0.5) is 5.69 Å². The summed E-state index contributed by atoms with van der Waals surface area (Å²) in [5, 5.41) is 0. The number of carbonyl (C=O) groups excluding carboxylic acids is 1. The summed E-state index contributed by atoms with van der Waals surface area (Å²) in [6.07, 6.45) is 1.20. The maximum absolute atomic E-state index is 11.4. The lowest BCUT2D eigenvalue weighted by molar-refractivity contribution is -0.129. The van der Waals surface area contributed by atoms with Gasteiger partial charge in [-0.25, -0.2) is 8.42 Å². The van der Waals surface area contributed by atoms with Crippen LogP contribution in [0, 0.1) is 0 Å². The number of anilines is 1. The van der Waals surface area contributed by atoms with E-state index in [0.29, 0.717) is 18.0 Å². The lowest BCUT2D eigenvalue weighted by Crippen LogP contribution is -2.48. The SMILES string of the molecule is CC(=O)N1CCN(c2ccc(S(C)(=O)=O)cc2)CC1. The van der Waals surface area contributed by atoms with Crippen molar-refractivity contribution in [3.8, 4) is 0 Å². The van der Waals surface area contributed by atoms with Crippen molar-refractivity contribution < 1.29 is 13.2 Å². The second kappa shape index (κ2) is 5.21. The number of amides is 1. The van der Waals surface area contributed by atoms with Crippen LogP contribution in [0.15, 0.2) is 29.2 Å². The van der Waals surface area contributed by atoms with Gasteiger partial charge in [-0.1, -0.05) is 0 Å². The molecule has 0 spiro atoms. The molecule has 1 fully saturated rings. The zero-order chi connectivity index (χ0) is 14.0. The van der Waals surface area contributed by atoms with Crippen molar-refractivity contribution in [2.75, 3.05) is 37.3 Å². The minimum absolute atomic E-state index is 0.104. The Morgan fingerprint density at radius 2 is 1.58 bits per heavy atom. The Bertz CT molecular complexity index is 558. The van der Waals surface area contributed by atoms with E-state index < -0.39 is 9.84 Å². The zero-order valence-corrected chi connectivity index (χ0v) is 12.0. The molecule has 5 nitrogen and oxygen atoms in total. The first-order valence-corrected chi connectivity index (χ1v) is 8.07. The fourth-order valence-electron chi connectivity index (χ4n) is 2.18. The summed E-state index contributed by atoms with van der Waals surface area (Å²) in [6.45, 7) is 4.55. The van der Waals surface area contributed by atoms with Crippen molar-refractivity contribution in [3.63, 3.8) is 0 Å². The highest BCUT2D eigenvalue weighted by Gasteiger charge is 2.19. The highest BCUT2D eigenvalue weighted by Crippen LogP contribution is 2.19.